The van der Waals surface area contributed by atoms with E-state index >= 15 is 0 Å². The van der Waals surface area contributed by atoms with Gasteiger partial charge in [-0.05, 0) is 0 Å². The molecular formula is C39H46Hf. The van der Waals surface area contributed by atoms with E-state index in [1.807, 2.05) is 0 Å². The molecular weight excluding hydrogens is 647 g/mol. The van der Waals surface area contributed by atoms with Gasteiger partial charge in [0.1, 0.15) is 0 Å². The zero-order chi connectivity index (χ0) is 28.7. The van der Waals surface area contributed by atoms with Crippen molar-refractivity contribution >= 4 is 3.32 Å². The van der Waals surface area contributed by atoms with Gasteiger partial charge >= 0.3 is 249 Å². The number of benzene rings is 3. The van der Waals surface area contributed by atoms with Gasteiger partial charge in [0.05, 0.1) is 0 Å². The molecule has 3 aromatic carbocycles. The van der Waals surface area contributed by atoms with Crippen LogP contribution in [-0.4, -0.2) is 0 Å². The van der Waals surface area contributed by atoms with Crippen molar-refractivity contribution in [3.63, 3.8) is 0 Å². The van der Waals surface area contributed by atoms with E-state index in [2.05, 4.69) is 139 Å². The fourth-order valence-electron chi connectivity index (χ4n) is 6.97. The Hall–Kier alpha value is -2.51. The van der Waals surface area contributed by atoms with Crippen molar-refractivity contribution in [2.45, 2.75) is 79.5 Å². The maximum atomic E-state index is 5.01. The Balaban J connectivity index is 1.83. The van der Waals surface area contributed by atoms with Crippen molar-refractivity contribution in [1.29, 1.82) is 0 Å². The molecule has 2 aliphatic carbocycles. The predicted molar refractivity (Wildman–Crippen MR) is 172 cm³/mol. The molecule has 0 nitrogen and oxygen atoms in total. The van der Waals surface area contributed by atoms with Gasteiger partial charge in [-0.15, -0.1) is 0 Å². The van der Waals surface area contributed by atoms with Crippen LogP contribution in [0.2, 0.25) is 3.67 Å². The Kier molecular flexibility index (Phi) is 8.01. The summed E-state index contributed by atoms with van der Waals surface area (Å²) >= 11 is -3.74. The minimum absolute atomic E-state index is 0.0440. The van der Waals surface area contributed by atoms with Crippen molar-refractivity contribution in [2.24, 2.45) is 0 Å². The van der Waals surface area contributed by atoms with Gasteiger partial charge in [0.2, 0.25) is 0 Å². The standard InChI is InChI=1S/C21H25.C7H7.C6H9.C5H5.Hf/c1-20(2,3)16-7-9-18-14(12-16)11-15-13-17(21(4,5)6)8-10-19(15)18;1-7-5-3-2-4-6-7;1-3-5-6-4-2;1-2-4-5-3-1;/h7-10,12H,11H2,1-6H3;2-6H,1H2;3H,1-2,5-6H2;1-5H;. The summed E-state index contributed by atoms with van der Waals surface area (Å²) in [5.41, 5.74) is 10.6. The van der Waals surface area contributed by atoms with E-state index in [4.69, 9.17) is 6.58 Å². The number of hydrogen-bond acceptors (Lipinski definition) is 0. The van der Waals surface area contributed by atoms with E-state index in [-0.39, 0.29) is 10.8 Å². The van der Waals surface area contributed by atoms with E-state index in [0.717, 1.165) is 23.4 Å². The van der Waals surface area contributed by atoms with Crippen LogP contribution in [0, 0.1) is 0 Å². The average molecular weight is 693 g/mol. The van der Waals surface area contributed by atoms with E-state index in [0.29, 0.717) is 3.67 Å². The van der Waals surface area contributed by atoms with Crippen molar-refractivity contribution in [2.75, 3.05) is 0 Å². The van der Waals surface area contributed by atoms with Gasteiger partial charge in [-0.3, -0.25) is 0 Å². The summed E-state index contributed by atoms with van der Waals surface area (Å²) in [6, 6.07) is 23.5. The van der Waals surface area contributed by atoms with Gasteiger partial charge in [-0.1, -0.05) is 0 Å². The molecule has 40 heavy (non-hydrogen) atoms. The normalized spacial score (nSPS) is 16.1. The molecule has 0 aliphatic heterocycles. The first-order valence-electron chi connectivity index (χ1n) is 15.0. The quantitative estimate of drug-likeness (QED) is 0.127. The summed E-state index contributed by atoms with van der Waals surface area (Å²) in [7, 11) is 0. The second-order valence-electron chi connectivity index (χ2n) is 13.9. The van der Waals surface area contributed by atoms with Gasteiger partial charge < -0.3 is 0 Å². The van der Waals surface area contributed by atoms with Crippen molar-refractivity contribution < 1.29 is 20.0 Å². The van der Waals surface area contributed by atoms with E-state index in [1.54, 1.807) is 14.4 Å². The zero-order valence-electron chi connectivity index (χ0n) is 25.5. The number of rotatable bonds is 8. The first kappa shape index (κ1) is 29.0. The number of fused-ring (bicyclic) bond motifs is 3. The second kappa shape index (κ2) is 11.1. The average Bonchev–Trinajstić information content (AvgIpc) is 3.57. The van der Waals surface area contributed by atoms with Crippen LogP contribution in [0.3, 0.4) is 0 Å². The third kappa shape index (κ3) is 5.27. The molecule has 0 radical (unpaired) electrons. The van der Waals surface area contributed by atoms with Gasteiger partial charge in [-0.2, -0.15) is 0 Å². The molecule has 206 valence electrons. The summed E-state index contributed by atoms with van der Waals surface area (Å²) in [6.45, 7) is 23.3. The fraction of sp³-hybridized carbons (Fsp3) is 0.333. The summed E-state index contributed by atoms with van der Waals surface area (Å²) in [6.07, 6.45) is 14.7. The van der Waals surface area contributed by atoms with Crippen LogP contribution in [0.5, 0.6) is 0 Å². The molecule has 0 spiro atoms. The molecule has 0 aromatic heterocycles. The molecule has 0 amide bonds. The van der Waals surface area contributed by atoms with Crippen LogP contribution in [-0.2, 0) is 41.4 Å². The Bertz CT molecular complexity index is 1470. The topological polar surface area (TPSA) is 0 Å². The fourth-order valence-corrected chi connectivity index (χ4v) is 28.1. The molecule has 1 unspecified atom stereocenters. The summed E-state index contributed by atoms with van der Waals surface area (Å²) in [4.78, 5) is 0. The molecule has 2 aliphatic rings. The van der Waals surface area contributed by atoms with Crippen LogP contribution >= 0.6 is 0 Å². The second-order valence-corrected chi connectivity index (χ2v) is 28.9. The Morgan fingerprint density at radius 2 is 1.55 bits per heavy atom. The Morgan fingerprint density at radius 1 is 0.875 bits per heavy atom. The molecule has 3 aromatic rings. The van der Waals surface area contributed by atoms with Crippen LogP contribution in [0.4, 0.5) is 0 Å². The van der Waals surface area contributed by atoms with Gasteiger partial charge in [0.15, 0.2) is 0 Å². The van der Waals surface area contributed by atoms with Gasteiger partial charge in [0, 0.05) is 0 Å². The predicted octanol–water partition coefficient (Wildman–Crippen LogP) is 10.2. The summed E-state index contributed by atoms with van der Waals surface area (Å²) in [5.74, 6) is 0. The zero-order valence-corrected chi connectivity index (χ0v) is 29.1. The molecule has 0 saturated heterocycles. The number of allylic oxidation sites excluding steroid dienone is 6. The molecule has 5 rings (SSSR count). The van der Waals surface area contributed by atoms with Crippen molar-refractivity contribution in [3.8, 4) is 11.1 Å². The van der Waals surface area contributed by atoms with Gasteiger partial charge in [0.25, 0.3) is 0 Å². The molecule has 0 fully saturated rings. The summed E-state index contributed by atoms with van der Waals surface area (Å²) in [5, 5.41) is 0. The molecule has 0 N–H and O–H groups in total. The first-order valence-corrected chi connectivity index (χ1v) is 23.2. The van der Waals surface area contributed by atoms with E-state index in [9.17, 15) is 0 Å². The van der Waals surface area contributed by atoms with Crippen LogP contribution < -0.4 is 3.32 Å². The minimum atomic E-state index is -3.74. The van der Waals surface area contributed by atoms with Crippen LogP contribution in [0.1, 0.15) is 82.2 Å². The molecule has 1 atom stereocenters. The monoisotopic (exact) mass is 694 g/mol. The van der Waals surface area contributed by atoms with Crippen LogP contribution in [0.25, 0.3) is 11.1 Å². The SMILES string of the molecule is C=CCC[C](=C)[Hf]([CH2]c1ccccc1)([c]1c(C(C)(C)C)ccc2c1Cc1cc(C(C)(C)C)ccc1-2)[CH]1C=CC=C1. The van der Waals surface area contributed by atoms with Crippen LogP contribution in [0.15, 0.2) is 108 Å². The first-order chi connectivity index (χ1) is 19.0. The van der Waals surface area contributed by atoms with E-state index in [1.165, 1.54) is 31.1 Å². The molecule has 1 heteroatoms. The Morgan fingerprint density at radius 3 is 2.17 bits per heavy atom. The van der Waals surface area contributed by atoms with E-state index < -0.39 is 20.0 Å². The number of hydrogen-bond donors (Lipinski definition) is 0. The van der Waals surface area contributed by atoms with Crippen molar-refractivity contribution in [3.05, 3.63) is 135 Å². The third-order valence-electron chi connectivity index (χ3n) is 9.12. The molecule has 0 heterocycles. The molecule has 0 saturated carbocycles. The summed E-state index contributed by atoms with van der Waals surface area (Å²) < 4.78 is 4.87. The Labute approximate surface area is 248 Å². The molecule has 0 bridgehead atoms. The van der Waals surface area contributed by atoms with Crippen molar-refractivity contribution in [1.82, 2.24) is 0 Å². The van der Waals surface area contributed by atoms with Gasteiger partial charge in [-0.25, -0.2) is 0 Å². The third-order valence-corrected chi connectivity index (χ3v) is 28.8. The maximum absolute atomic E-state index is 5.01.